The Morgan fingerprint density at radius 3 is 2.83 bits per heavy atom. The molecule has 2 nitrogen and oxygen atoms in total. The van der Waals surface area contributed by atoms with Crippen LogP contribution in [0, 0.1) is 0 Å². The number of hydrogen-bond acceptors (Lipinski definition) is 3. The first-order chi connectivity index (χ1) is 8.65. The number of nitrogens with two attached hydrogens (primary N) is 1. The number of thiophene rings is 1. The van der Waals surface area contributed by atoms with Crippen molar-refractivity contribution in [2.45, 2.75) is 6.04 Å². The standard InChI is InChI=1S/C13H9BrClNOS/c14-7-4-12(18-6-7)13(16)11-5-8-9(15)2-1-3-10(8)17-11/h1-6,13H,16H2. The summed E-state index contributed by atoms with van der Waals surface area (Å²) in [4.78, 5) is 1.05. The molecule has 3 aromatic rings. The highest BCUT2D eigenvalue weighted by Gasteiger charge is 2.16. The van der Waals surface area contributed by atoms with Crippen molar-refractivity contribution < 1.29 is 4.42 Å². The Balaban J connectivity index is 2.06. The molecule has 0 aliphatic carbocycles. The van der Waals surface area contributed by atoms with Gasteiger partial charge >= 0.3 is 0 Å². The molecule has 5 heteroatoms. The molecule has 1 atom stereocenters. The third kappa shape index (κ3) is 2.10. The minimum absolute atomic E-state index is 0.259. The summed E-state index contributed by atoms with van der Waals surface area (Å²) < 4.78 is 6.79. The van der Waals surface area contributed by atoms with Crippen LogP contribution in [-0.4, -0.2) is 0 Å². The van der Waals surface area contributed by atoms with Gasteiger partial charge in [0.25, 0.3) is 0 Å². The second kappa shape index (κ2) is 4.70. The molecule has 2 aromatic heterocycles. The highest BCUT2D eigenvalue weighted by atomic mass is 79.9. The first-order valence-electron chi connectivity index (χ1n) is 5.32. The number of benzene rings is 1. The molecule has 0 saturated heterocycles. The Labute approximate surface area is 121 Å². The molecule has 0 radical (unpaired) electrons. The van der Waals surface area contributed by atoms with Gasteiger partial charge in [0.2, 0.25) is 0 Å². The van der Waals surface area contributed by atoms with Crippen LogP contribution in [0.15, 0.2) is 44.6 Å². The van der Waals surface area contributed by atoms with Gasteiger partial charge in [0.05, 0.1) is 11.1 Å². The van der Waals surface area contributed by atoms with Crippen molar-refractivity contribution in [3.8, 4) is 0 Å². The van der Waals surface area contributed by atoms with Crippen molar-refractivity contribution in [3.63, 3.8) is 0 Å². The van der Waals surface area contributed by atoms with Crippen molar-refractivity contribution in [3.05, 3.63) is 55.8 Å². The zero-order chi connectivity index (χ0) is 12.7. The maximum Gasteiger partial charge on any atom is 0.135 e. The maximum atomic E-state index is 6.20. The first-order valence-corrected chi connectivity index (χ1v) is 7.37. The lowest BCUT2D eigenvalue weighted by Gasteiger charge is -2.04. The molecule has 0 aliphatic heterocycles. The van der Waals surface area contributed by atoms with Crippen LogP contribution < -0.4 is 5.73 Å². The van der Waals surface area contributed by atoms with Crippen molar-refractivity contribution in [1.29, 1.82) is 0 Å². The summed E-state index contributed by atoms with van der Waals surface area (Å²) in [6.07, 6.45) is 0. The lowest BCUT2D eigenvalue weighted by atomic mass is 10.2. The van der Waals surface area contributed by atoms with Gasteiger partial charge in [-0.1, -0.05) is 17.7 Å². The molecule has 0 fully saturated rings. The fourth-order valence-electron chi connectivity index (χ4n) is 1.83. The zero-order valence-electron chi connectivity index (χ0n) is 9.19. The van der Waals surface area contributed by atoms with E-state index in [2.05, 4.69) is 15.9 Å². The summed E-state index contributed by atoms with van der Waals surface area (Å²) in [7, 11) is 0. The predicted octanol–water partition coefficient (Wildman–Crippen LogP) is 4.96. The van der Waals surface area contributed by atoms with Gasteiger partial charge in [-0.15, -0.1) is 11.3 Å². The Bertz CT molecular complexity index is 706. The fraction of sp³-hybridized carbons (Fsp3) is 0.0769. The molecule has 1 aromatic carbocycles. The average molecular weight is 343 g/mol. The van der Waals surface area contributed by atoms with Crippen LogP contribution in [-0.2, 0) is 0 Å². The van der Waals surface area contributed by atoms with Crippen LogP contribution in [0.5, 0.6) is 0 Å². The molecule has 0 aliphatic rings. The largest absolute Gasteiger partial charge is 0.459 e. The number of rotatable bonds is 2. The second-order valence-electron chi connectivity index (χ2n) is 3.95. The number of fused-ring (bicyclic) bond motifs is 1. The van der Waals surface area contributed by atoms with Crippen LogP contribution in [0.4, 0.5) is 0 Å². The van der Waals surface area contributed by atoms with Gasteiger partial charge in [-0.2, -0.15) is 0 Å². The minimum Gasteiger partial charge on any atom is -0.459 e. The molecule has 0 amide bonds. The summed E-state index contributed by atoms with van der Waals surface area (Å²) in [5.41, 5.74) is 6.96. The average Bonchev–Trinajstić information content (AvgIpc) is 2.95. The predicted molar refractivity (Wildman–Crippen MR) is 79.3 cm³/mol. The number of halogens is 2. The maximum absolute atomic E-state index is 6.20. The van der Waals surface area contributed by atoms with E-state index >= 15 is 0 Å². The molecule has 3 rings (SSSR count). The minimum atomic E-state index is -0.259. The van der Waals surface area contributed by atoms with Gasteiger partial charge in [-0.3, -0.25) is 0 Å². The Morgan fingerprint density at radius 2 is 2.17 bits per heavy atom. The summed E-state index contributed by atoms with van der Waals surface area (Å²) in [5, 5.41) is 3.59. The van der Waals surface area contributed by atoms with Crippen LogP contribution in [0.2, 0.25) is 5.02 Å². The monoisotopic (exact) mass is 341 g/mol. The van der Waals surface area contributed by atoms with Gasteiger partial charge < -0.3 is 10.2 Å². The van der Waals surface area contributed by atoms with Gasteiger partial charge in [-0.05, 0) is 40.2 Å². The van der Waals surface area contributed by atoms with E-state index in [4.69, 9.17) is 21.8 Å². The highest BCUT2D eigenvalue weighted by molar-refractivity contribution is 9.10. The van der Waals surface area contributed by atoms with Crippen LogP contribution in [0.25, 0.3) is 11.0 Å². The number of hydrogen-bond donors (Lipinski definition) is 1. The topological polar surface area (TPSA) is 39.2 Å². The van der Waals surface area contributed by atoms with E-state index in [1.165, 1.54) is 0 Å². The summed E-state index contributed by atoms with van der Waals surface area (Å²) in [6, 6.07) is 9.26. The van der Waals surface area contributed by atoms with Crippen molar-refractivity contribution in [2.24, 2.45) is 5.73 Å². The van der Waals surface area contributed by atoms with E-state index < -0.39 is 0 Å². The van der Waals surface area contributed by atoms with Crippen LogP contribution >= 0.6 is 38.9 Å². The molecule has 2 heterocycles. The van der Waals surface area contributed by atoms with Gasteiger partial charge in [0.15, 0.2) is 0 Å². The summed E-state index contributed by atoms with van der Waals surface area (Å²) >= 11 is 11.1. The van der Waals surface area contributed by atoms with Crippen LogP contribution in [0.1, 0.15) is 16.7 Å². The zero-order valence-corrected chi connectivity index (χ0v) is 12.3. The summed E-state index contributed by atoms with van der Waals surface area (Å²) in [6.45, 7) is 0. The third-order valence-corrected chi connectivity index (χ3v) is 4.83. The van der Waals surface area contributed by atoms with Gasteiger partial charge in [0.1, 0.15) is 11.3 Å². The Hall–Kier alpha value is -0.810. The molecule has 18 heavy (non-hydrogen) atoms. The van der Waals surface area contributed by atoms with Crippen LogP contribution in [0.3, 0.4) is 0 Å². The molecule has 92 valence electrons. The van der Waals surface area contributed by atoms with E-state index in [-0.39, 0.29) is 6.04 Å². The fourth-order valence-corrected chi connectivity index (χ4v) is 3.50. The second-order valence-corrected chi connectivity index (χ2v) is 6.21. The molecule has 1 unspecified atom stereocenters. The van der Waals surface area contributed by atoms with E-state index in [1.807, 2.05) is 35.7 Å². The lowest BCUT2D eigenvalue weighted by Crippen LogP contribution is -2.08. The highest BCUT2D eigenvalue weighted by Crippen LogP contribution is 2.33. The molecular formula is C13H9BrClNOS. The number of furan rings is 1. The quantitative estimate of drug-likeness (QED) is 0.715. The molecule has 0 saturated carbocycles. The van der Waals surface area contributed by atoms with E-state index in [1.54, 1.807) is 11.3 Å². The first kappa shape index (κ1) is 12.2. The van der Waals surface area contributed by atoms with E-state index in [9.17, 15) is 0 Å². The van der Waals surface area contributed by atoms with E-state index in [0.29, 0.717) is 5.02 Å². The van der Waals surface area contributed by atoms with Gasteiger partial charge in [0, 0.05) is 20.1 Å². The van der Waals surface area contributed by atoms with Crippen molar-refractivity contribution in [1.82, 2.24) is 0 Å². The molecular weight excluding hydrogens is 334 g/mol. The van der Waals surface area contributed by atoms with Crippen molar-refractivity contribution in [2.75, 3.05) is 0 Å². The lowest BCUT2D eigenvalue weighted by molar-refractivity contribution is 0.528. The van der Waals surface area contributed by atoms with E-state index in [0.717, 1.165) is 26.1 Å². The SMILES string of the molecule is NC(c1cc2c(Cl)cccc2o1)c1cc(Br)cs1. The Kier molecular flexibility index (Phi) is 3.20. The third-order valence-electron chi connectivity index (χ3n) is 2.73. The smallest absolute Gasteiger partial charge is 0.135 e. The van der Waals surface area contributed by atoms with Gasteiger partial charge in [-0.25, -0.2) is 0 Å². The Morgan fingerprint density at radius 1 is 1.33 bits per heavy atom. The molecule has 2 N–H and O–H groups in total. The summed E-state index contributed by atoms with van der Waals surface area (Å²) in [5.74, 6) is 0.729. The van der Waals surface area contributed by atoms with Crippen molar-refractivity contribution >= 4 is 49.8 Å². The molecule has 0 spiro atoms. The molecule has 0 bridgehead atoms. The normalized spacial score (nSPS) is 13.1.